The van der Waals surface area contributed by atoms with E-state index in [1.165, 1.54) is 10.9 Å². The second kappa shape index (κ2) is 8.62. The van der Waals surface area contributed by atoms with Crippen LogP contribution in [0.3, 0.4) is 0 Å². The van der Waals surface area contributed by atoms with Crippen LogP contribution in [0.1, 0.15) is 40.2 Å². The van der Waals surface area contributed by atoms with Crippen molar-refractivity contribution in [2.24, 2.45) is 0 Å². The zero-order valence-corrected chi connectivity index (χ0v) is 20.0. The van der Waals surface area contributed by atoms with Crippen molar-refractivity contribution in [1.29, 1.82) is 0 Å². The van der Waals surface area contributed by atoms with Crippen molar-refractivity contribution >= 4 is 17.6 Å². The molecule has 174 valence electrons. The summed E-state index contributed by atoms with van der Waals surface area (Å²) in [6, 6.07) is 22.6. The van der Waals surface area contributed by atoms with Crippen LogP contribution in [0.25, 0.3) is 11.8 Å². The number of methoxy groups -OCH3 is 2. The third kappa shape index (κ3) is 3.57. The number of aromatic nitrogens is 1. The molecule has 4 heteroatoms. The lowest BCUT2D eigenvalue weighted by atomic mass is 9.77. The second-order valence-electron chi connectivity index (χ2n) is 9.20. The molecule has 0 saturated carbocycles. The Morgan fingerprint density at radius 2 is 1.69 bits per heavy atom. The van der Waals surface area contributed by atoms with Crippen molar-refractivity contribution in [2.75, 3.05) is 14.2 Å². The average molecular weight is 462 g/mol. The lowest BCUT2D eigenvalue weighted by Gasteiger charge is -2.28. The summed E-state index contributed by atoms with van der Waals surface area (Å²) in [5, 5.41) is 4.32. The molecule has 0 amide bonds. The first-order valence-corrected chi connectivity index (χ1v) is 12.0. The van der Waals surface area contributed by atoms with Gasteiger partial charge < -0.3 is 14.0 Å². The van der Waals surface area contributed by atoms with Gasteiger partial charge in [0.1, 0.15) is 11.5 Å². The molecule has 1 atom stereocenters. The molecule has 0 aliphatic heterocycles. The van der Waals surface area contributed by atoms with E-state index in [1.54, 1.807) is 20.3 Å². The first kappa shape index (κ1) is 21.5. The predicted octanol–water partition coefficient (Wildman–Crippen LogP) is 4.55. The van der Waals surface area contributed by atoms with E-state index in [4.69, 9.17) is 9.47 Å². The van der Waals surface area contributed by atoms with E-state index in [0.29, 0.717) is 0 Å². The Kier molecular flexibility index (Phi) is 5.29. The minimum absolute atomic E-state index is 0.0935. The maximum Gasteiger partial charge on any atom is 0.187 e. The van der Waals surface area contributed by atoms with Crippen LogP contribution < -0.4 is 19.9 Å². The van der Waals surface area contributed by atoms with Gasteiger partial charge in [-0.15, -0.1) is 0 Å². The molecule has 0 bridgehead atoms. The van der Waals surface area contributed by atoms with Crippen molar-refractivity contribution in [3.63, 3.8) is 0 Å². The first-order chi connectivity index (χ1) is 17.2. The van der Waals surface area contributed by atoms with E-state index in [9.17, 15) is 4.79 Å². The number of ketones is 1. The highest BCUT2D eigenvalue weighted by molar-refractivity contribution is 6.19. The highest BCUT2D eigenvalue weighted by atomic mass is 16.5. The van der Waals surface area contributed by atoms with Crippen LogP contribution in [-0.2, 0) is 6.42 Å². The molecule has 35 heavy (non-hydrogen) atoms. The third-order valence-corrected chi connectivity index (χ3v) is 7.35. The largest absolute Gasteiger partial charge is 0.497 e. The molecular weight excluding hydrogens is 434 g/mol. The summed E-state index contributed by atoms with van der Waals surface area (Å²) in [6.45, 7) is 0. The van der Waals surface area contributed by atoms with Crippen molar-refractivity contribution in [3.8, 4) is 11.5 Å². The Bertz CT molecular complexity index is 1670. The van der Waals surface area contributed by atoms with Crippen LogP contribution in [0, 0.1) is 10.4 Å². The molecule has 6 rings (SSSR count). The molecule has 0 radical (unpaired) electrons. The average Bonchev–Trinajstić information content (AvgIpc) is 3.43. The van der Waals surface area contributed by atoms with E-state index < -0.39 is 0 Å². The van der Waals surface area contributed by atoms with Gasteiger partial charge in [0.25, 0.3) is 0 Å². The van der Waals surface area contributed by atoms with Crippen molar-refractivity contribution in [2.45, 2.75) is 25.2 Å². The number of rotatable bonds is 5. The minimum atomic E-state index is 0.0935. The summed E-state index contributed by atoms with van der Waals surface area (Å²) in [6.07, 6.45) is 8.68. The van der Waals surface area contributed by atoms with Gasteiger partial charge in [-0.25, -0.2) is 0 Å². The fraction of sp³-hybridized carbons (Fsp3) is 0.194. The zero-order chi connectivity index (χ0) is 23.9. The van der Waals surface area contributed by atoms with Gasteiger partial charge in [-0.1, -0.05) is 42.5 Å². The summed E-state index contributed by atoms with van der Waals surface area (Å²) in [4.78, 5) is 13.6. The van der Waals surface area contributed by atoms with E-state index in [1.807, 2.05) is 30.3 Å². The molecule has 0 fully saturated rings. The van der Waals surface area contributed by atoms with Crippen molar-refractivity contribution in [1.82, 2.24) is 4.57 Å². The van der Waals surface area contributed by atoms with Crippen molar-refractivity contribution in [3.05, 3.63) is 117 Å². The minimum Gasteiger partial charge on any atom is -0.497 e. The monoisotopic (exact) mass is 461 g/mol. The van der Waals surface area contributed by atoms with Gasteiger partial charge in [-0.05, 0) is 81.5 Å². The second-order valence-corrected chi connectivity index (χ2v) is 9.20. The summed E-state index contributed by atoms with van der Waals surface area (Å²) in [7, 11) is 3.36. The molecule has 4 aromatic rings. The number of carbonyl (C=O) groups excluding carboxylic acids is 1. The van der Waals surface area contributed by atoms with Gasteiger partial charge >= 0.3 is 0 Å². The first-order valence-electron chi connectivity index (χ1n) is 12.0. The number of nitrogens with zero attached hydrogens (tertiary/aromatic N) is 1. The van der Waals surface area contributed by atoms with Crippen LogP contribution in [0.4, 0.5) is 0 Å². The van der Waals surface area contributed by atoms with Crippen LogP contribution in [0.2, 0.25) is 0 Å². The summed E-state index contributed by atoms with van der Waals surface area (Å²) in [5.74, 6) is 1.89. The fourth-order valence-corrected chi connectivity index (χ4v) is 5.73. The molecule has 4 nitrogen and oxygen atoms in total. The van der Waals surface area contributed by atoms with E-state index >= 15 is 0 Å². The molecule has 2 aliphatic carbocycles. The number of hydrogen-bond acceptors (Lipinski definition) is 3. The van der Waals surface area contributed by atoms with Crippen molar-refractivity contribution < 1.29 is 14.3 Å². The maximum atomic E-state index is 13.6. The number of carbonyl (C=O) groups is 1. The SMILES string of the molecule is COc1ccc(CC2CCC(n3cccc3)=c3ccc4c(c32)C(=O)C=c2ccccc2=4)c(OC)c1. The quantitative estimate of drug-likeness (QED) is 0.438. The topological polar surface area (TPSA) is 40.5 Å². The molecule has 2 aliphatic rings. The van der Waals surface area contributed by atoms with Crippen LogP contribution in [0.5, 0.6) is 11.5 Å². The Morgan fingerprint density at radius 3 is 2.49 bits per heavy atom. The lowest BCUT2D eigenvalue weighted by molar-refractivity contribution is 0.105. The Hall–Kier alpha value is -4.05. The van der Waals surface area contributed by atoms with Gasteiger partial charge in [0.15, 0.2) is 5.78 Å². The van der Waals surface area contributed by atoms with E-state index in [0.717, 1.165) is 63.1 Å². The number of hydrogen-bond donors (Lipinski definition) is 0. The summed E-state index contributed by atoms with van der Waals surface area (Å²) >= 11 is 0. The molecule has 1 unspecified atom stereocenters. The highest BCUT2D eigenvalue weighted by Crippen LogP contribution is 2.36. The molecular formula is C31H27NO3. The van der Waals surface area contributed by atoms with Gasteiger partial charge in [0.2, 0.25) is 0 Å². The molecule has 0 saturated heterocycles. The lowest BCUT2D eigenvalue weighted by Crippen LogP contribution is -2.30. The molecule has 0 N–H and O–H groups in total. The maximum absolute atomic E-state index is 13.6. The van der Waals surface area contributed by atoms with Crippen LogP contribution in [0.15, 0.2) is 79.1 Å². The number of Topliss-reactive ketones (excluding diaryl/α,β-unsaturated/α-hetero) is 1. The smallest absolute Gasteiger partial charge is 0.187 e. The third-order valence-electron chi connectivity index (χ3n) is 7.35. The van der Waals surface area contributed by atoms with Crippen LogP contribution >= 0.6 is 0 Å². The molecule has 0 spiro atoms. The Balaban J connectivity index is 1.62. The van der Waals surface area contributed by atoms with E-state index in [-0.39, 0.29) is 11.7 Å². The number of ether oxygens (including phenoxy) is 2. The Morgan fingerprint density at radius 1 is 0.886 bits per heavy atom. The molecule has 3 aromatic carbocycles. The zero-order valence-electron chi connectivity index (χ0n) is 20.0. The standard InChI is InChI=1S/C31H27NO3/c1-34-23-11-9-21(29(19-23)35-2)17-22-10-14-27(32-15-5-6-16-32)26-13-12-25-24-8-4-3-7-20(24)18-28(33)31(25)30(22)26/h3-9,11-13,15-16,18-19,22H,10,14,17H2,1-2H3. The summed E-state index contributed by atoms with van der Waals surface area (Å²) in [5.41, 5.74) is 4.38. The van der Waals surface area contributed by atoms with Gasteiger partial charge in [-0.3, -0.25) is 4.79 Å². The van der Waals surface area contributed by atoms with Gasteiger partial charge in [0, 0.05) is 29.7 Å². The fourth-order valence-electron chi connectivity index (χ4n) is 5.73. The number of benzene rings is 3. The molecule has 1 heterocycles. The Labute approximate surface area is 204 Å². The highest BCUT2D eigenvalue weighted by Gasteiger charge is 2.28. The van der Waals surface area contributed by atoms with E-state index in [2.05, 4.69) is 53.4 Å². The van der Waals surface area contributed by atoms with Crippen LogP contribution in [-0.4, -0.2) is 24.6 Å². The number of fused-ring (bicyclic) bond motifs is 4. The normalized spacial score (nSPS) is 16.1. The van der Waals surface area contributed by atoms with Gasteiger partial charge in [-0.2, -0.15) is 0 Å². The summed E-state index contributed by atoms with van der Waals surface area (Å²) < 4.78 is 13.3. The predicted molar refractivity (Wildman–Crippen MR) is 137 cm³/mol. The van der Waals surface area contributed by atoms with Gasteiger partial charge in [0.05, 0.1) is 14.2 Å². The molecule has 1 aromatic heterocycles.